The first-order valence-electron chi connectivity index (χ1n) is 8.88. The largest absolute Gasteiger partial charge is 0.496 e. The molecule has 2 unspecified atom stereocenters. The van der Waals surface area contributed by atoms with Gasteiger partial charge in [0.15, 0.2) is 0 Å². The molecule has 0 fully saturated rings. The van der Waals surface area contributed by atoms with E-state index in [1.807, 2.05) is 0 Å². The van der Waals surface area contributed by atoms with E-state index < -0.39 is 24.0 Å². The number of aliphatic hydroxyl groups is 1. The highest BCUT2D eigenvalue weighted by Crippen LogP contribution is 2.39. The predicted molar refractivity (Wildman–Crippen MR) is 108 cm³/mol. The van der Waals surface area contributed by atoms with Gasteiger partial charge in [-0.05, 0) is 36.8 Å². The molecule has 2 N–H and O–H groups in total. The molecule has 3 rings (SSSR count). The number of carbonyl (C=O) groups is 1. The van der Waals surface area contributed by atoms with E-state index in [9.17, 15) is 14.3 Å². The third kappa shape index (κ3) is 4.22. The molecule has 156 valence electrons. The predicted octanol–water partition coefficient (Wildman–Crippen LogP) is 4.47. The van der Waals surface area contributed by atoms with Crippen molar-refractivity contribution in [3.05, 3.63) is 56.8 Å². The number of fused-ring (bicyclic) bond motifs is 1. The van der Waals surface area contributed by atoms with Crippen LogP contribution in [-0.4, -0.2) is 36.8 Å². The summed E-state index contributed by atoms with van der Waals surface area (Å²) < 4.78 is 24.5. The Balaban J connectivity index is 1.82. The first kappa shape index (κ1) is 21.5. The van der Waals surface area contributed by atoms with Crippen LogP contribution in [0.25, 0.3) is 0 Å². The van der Waals surface area contributed by atoms with E-state index in [0.29, 0.717) is 28.2 Å². The van der Waals surface area contributed by atoms with Crippen molar-refractivity contribution < 1.29 is 23.8 Å². The van der Waals surface area contributed by atoms with E-state index in [-0.39, 0.29) is 23.1 Å². The minimum atomic E-state index is -0.943. The van der Waals surface area contributed by atoms with E-state index in [0.717, 1.165) is 0 Å². The second-order valence-corrected chi connectivity index (χ2v) is 7.53. The van der Waals surface area contributed by atoms with E-state index in [1.54, 1.807) is 19.1 Å². The summed E-state index contributed by atoms with van der Waals surface area (Å²) in [5.74, 6) is 0.463. The Morgan fingerprint density at radius 3 is 2.55 bits per heavy atom. The summed E-state index contributed by atoms with van der Waals surface area (Å²) in [5.41, 5.74) is 1.68. The third-order valence-corrected chi connectivity index (χ3v) is 5.54. The lowest BCUT2D eigenvalue weighted by molar-refractivity contribution is 0.0996. The van der Waals surface area contributed by atoms with Crippen molar-refractivity contribution in [3.8, 4) is 11.5 Å². The highest BCUT2D eigenvalue weighted by Gasteiger charge is 2.32. The number of amides is 2. The topological polar surface area (TPSA) is 71.0 Å². The lowest BCUT2D eigenvalue weighted by atomic mass is 9.95. The maximum Gasteiger partial charge on any atom is 0.318 e. The zero-order chi connectivity index (χ0) is 21.3. The standard InChI is InChI=1S/C20H21Cl2FN2O4/c1-10(11-6-15(23)14(22)7-13(11)21)24-20(27)25-8-12-17(28-2)4-5-18(29-3)19(12)16(26)9-25/h4-7,10,16,26H,8-9H2,1-3H3,(H,24,27). The fourth-order valence-electron chi connectivity index (χ4n) is 3.46. The molecule has 2 amide bonds. The number of β-amino-alcohol motifs (C(OH)–C–C–N with tert-alkyl or cyclic N) is 1. The molecular formula is C20H21Cl2FN2O4. The Morgan fingerprint density at radius 1 is 1.24 bits per heavy atom. The van der Waals surface area contributed by atoms with Crippen molar-refractivity contribution >= 4 is 29.2 Å². The maximum absolute atomic E-state index is 13.8. The van der Waals surface area contributed by atoms with Crippen LogP contribution in [0.5, 0.6) is 11.5 Å². The summed E-state index contributed by atoms with van der Waals surface area (Å²) in [6, 6.07) is 4.93. The number of hydrogen-bond donors (Lipinski definition) is 2. The number of carbonyl (C=O) groups excluding carboxylic acids is 1. The number of halogens is 3. The number of hydrogen-bond acceptors (Lipinski definition) is 4. The molecule has 2 aromatic rings. The van der Waals surface area contributed by atoms with Crippen LogP contribution in [-0.2, 0) is 6.54 Å². The fourth-order valence-corrected chi connectivity index (χ4v) is 4.00. The minimum absolute atomic E-state index is 0.0673. The van der Waals surface area contributed by atoms with E-state index in [1.165, 1.54) is 31.3 Å². The van der Waals surface area contributed by atoms with Gasteiger partial charge in [0.1, 0.15) is 23.4 Å². The summed E-state index contributed by atoms with van der Waals surface area (Å²) in [4.78, 5) is 14.3. The van der Waals surface area contributed by atoms with Gasteiger partial charge in [-0.2, -0.15) is 0 Å². The Hall–Kier alpha value is -2.22. The number of urea groups is 1. The van der Waals surface area contributed by atoms with Crippen LogP contribution in [0.2, 0.25) is 10.0 Å². The molecule has 1 aliphatic rings. The lowest BCUT2D eigenvalue weighted by Crippen LogP contribution is -2.45. The highest BCUT2D eigenvalue weighted by molar-refractivity contribution is 6.35. The molecule has 0 radical (unpaired) electrons. The summed E-state index contributed by atoms with van der Waals surface area (Å²) >= 11 is 11.9. The number of nitrogens with one attached hydrogen (secondary N) is 1. The zero-order valence-corrected chi connectivity index (χ0v) is 17.6. The molecule has 0 saturated heterocycles. The van der Waals surface area contributed by atoms with Crippen molar-refractivity contribution in [3.63, 3.8) is 0 Å². The molecule has 1 heterocycles. The average Bonchev–Trinajstić information content (AvgIpc) is 2.69. The normalized spacial score (nSPS) is 16.8. The van der Waals surface area contributed by atoms with Gasteiger partial charge in [-0.3, -0.25) is 0 Å². The van der Waals surface area contributed by atoms with Crippen molar-refractivity contribution in [2.24, 2.45) is 0 Å². The Kier molecular flexibility index (Phi) is 6.41. The van der Waals surface area contributed by atoms with Gasteiger partial charge in [0.05, 0.1) is 38.4 Å². The van der Waals surface area contributed by atoms with Crippen LogP contribution in [0.15, 0.2) is 24.3 Å². The van der Waals surface area contributed by atoms with Crippen molar-refractivity contribution in [1.82, 2.24) is 10.2 Å². The van der Waals surface area contributed by atoms with Gasteiger partial charge < -0.3 is 24.8 Å². The third-order valence-electron chi connectivity index (χ3n) is 4.92. The van der Waals surface area contributed by atoms with Crippen LogP contribution < -0.4 is 14.8 Å². The van der Waals surface area contributed by atoms with Crippen LogP contribution in [0.4, 0.5) is 9.18 Å². The van der Waals surface area contributed by atoms with Gasteiger partial charge in [-0.25, -0.2) is 9.18 Å². The fraction of sp³-hybridized carbons (Fsp3) is 0.350. The van der Waals surface area contributed by atoms with Gasteiger partial charge in [-0.15, -0.1) is 0 Å². The van der Waals surface area contributed by atoms with Crippen LogP contribution in [0.3, 0.4) is 0 Å². The van der Waals surface area contributed by atoms with E-state index in [4.69, 9.17) is 32.7 Å². The molecule has 0 bridgehead atoms. The maximum atomic E-state index is 13.8. The first-order valence-corrected chi connectivity index (χ1v) is 9.64. The smallest absolute Gasteiger partial charge is 0.318 e. The monoisotopic (exact) mass is 442 g/mol. The Morgan fingerprint density at radius 2 is 1.90 bits per heavy atom. The summed E-state index contributed by atoms with van der Waals surface area (Å²) in [5, 5.41) is 13.6. The number of aliphatic hydroxyl groups excluding tert-OH is 1. The number of ether oxygens (including phenoxy) is 2. The van der Waals surface area contributed by atoms with Crippen molar-refractivity contribution in [2.45, 2.75) is 25.6 Å². The summed E-state index contributed by atoms with van der Waals surface area (Å²) in [6.07, 6.45) is -0.943. The minimum Gasteiger partial charge on any atom is -0.496 e. The SMILES string of the molecule is COc1ccc(OC)c2c1CN(C(=O)NC(C)c1cc(F)c(Cl)cc1Cl)CC2O. The van der Waals surface area contributed by atoms with E-state index >= 15 is 0 Å². The lowest BCUT2D eigenvalue weighted by Gasteiger charge is -2.34. The molecule has 0 aromatic heterocycles. The Labute approximate surface area is 178 Å². The molecule has 2 atom stereocenters. The second-order valence-electron chi connectivity index (χ2n) is 6.72. The molecule has 0 spiro atoms. The van der Waals surface area contributed by atoms with Gasteiger partial charge in [0.25, 0.3) is 0 Å². The molecule has 0 aliphatic carbocycles. The number of methoxy groups -OCH3 is 2. The van der Waals surface area contributed by atoms with Gasteiger partial charge in [0, 0.05) is 16.1 Å². The molecule has 0 saturated carbocycles. The van der Waals surface area contributed by atoms with Crippen LogP contribution in [0.1, 0.15) is 35.8 Å². The van der Waals surface area contributed by atoms with Crippen molar-refractivity contribution in [1.29, 1.82) is 0 Å². The molecule has 2 aromatic carbocycles. The Bertz CT molecular complexity index is 941. The number of benzene rings is 2. The average molecular weight is 443 g/mol. The van der Waals surface area contributed by atoms with Crippen LogP contribution >= 0.6 is 23.2 Å². The molecular weight excluding hydrogens is 422 g/mol. The second kappa shape index (κ2) is 8.65. The summed E-state index contributed by atoms with van der Waals surface area (Å²) in [7, 11) is 3.04. The van der Waals surface area contributed by atoms with Crippen molar-refractivity contribution in [2.75, 3.05) is 20.8 Å². The quantitative estimate of drug-likeness (QED) is 0.685. The first-order chi connectivity index (χ1) is 13.8. The highest BCUT2D eigenvalue weighted by atomic mass is 35.5. The van der Waals surface area contributed by atoms with Gasteiger partial charge in [-0.1, -0.05) is 23.2 Å². The number of rotatable bonds is 4. The molecule has 29 heavy (non-hydrogen) atoms. The van der Waals surface area contributed by atoms with Gasteiger partial charge in [0.2, 0.25) is 0 Å². The molecule has 1 aliphatic heterocycles. The number of nitrogens with zero attached hydrogens (tertiary/aromatic N) is 1. The molecule has 9 heteroatoms. The summed E-state index contributed by atoms with van der Waals surface area (Å²) in [6.45, 7) is 1.97. The zero-order valence-electron chi connectivity index (χ0n) is 16.1. The van der Waals surface area contributed by atoms with Gasteiger partial charge >= 0.3 is 6.03 Å². The van der Waals surface area contributed by atoms with E-state index in [2.05, 4.69) is 5.32 Å². The molecule has 6 nitrogen and oxygen atoms in total. The van der Waals surface area contributed by atoms with Crippen LogP contribution in [0, 0.1) is 5.82 Å².